The van der Waals surface area contributed by atoms with Crippen molar-refractivity contribution in [2.45, 2.75) is 20.8 Å². The maximum Gasteiger partial charge on any atom is 0.339 e. The van der Waals surface area contributed by atoms with Gasteiger partial charge in [0.1, 0.15) is 5.82 Å². The van der Waals surface area contributed by atoms with E-state index in [9.17, 15) is 18.8 Å². The fraction of sp³-hybridized carbons (Fsp3) is 0.250. The van der Waals surface area contributed by atoms with Gasteiger partial charge < -0.3 is 15.4 Å². The molecule has 0 saturated carbocycles. The second-order valence-corrected chi connectivity index (χ2v) is 7.15. The zero-order chi connectivity index (χ0) is 20.8. The lowest BCUT2D eigenvalue weighted by molar-refractivity contribution is -0.126. The van der Waals surface area contributed by atoms with E-state index in [2.05, 4.69) is 26.6 Å². The summed E-state index contributed by atoms with van der Waals surface area (Å²) in [5, 5.41) is 5.13. The Morgan fingerprint density at radius 3 is 2.32 bits per heavy atom. The molecule has 6 nitrogen and oxygen atoms in total. The molecule has 8 heteroatoms. The molecule has 0 radical (unpaired) electrons. The monoisotopic (exact) mass is 450 g/mol. The fourth-order valence-electron chi connectivity index (χ4n) is 2.65. The van der Waals surface area contributed by atoms with Crippen LogP contribution in [-0.2, 0) is 14.3 Å². The predicted octanol–water partition coefficient (Wildman–Crippen LogP) is 3.43. The lowest BCUT2D eigenvalue weighted by Gasteiger charge is -2.13. The lowest BCUT2D eigenvalue weighted by atomic mass is 10.1. The Hall–Kier alpha value is -2.74. The SMILES string of the molecule is Cc1cc(C)c(NC(=O)CNC(=O)COC(=O)c2cc(F)ccc2Br)c(C)c1. The van der Waals surface area contributed by atoms with Crippen molar-refractivity contribution < 1.29 is 23.5 Å². The Labute approximate surface area is 170 Å². The van der Waals surface area contributed by atoms with Crippen LogP contribution in [0, 0.1) is 26.6 Å². The van der Waals surface area contributed by atoms with E-state index >= 15 is 0 Å². The summed E-state index contributed by atoms with van der Waals surface area (Å²) in [4.78, 5) is 35.8. The molecule has 0 fully saturated rings. The average Bonchev–Trinajstić information content (AvgIpc) is 2.62. The van der Waals surface area contributed by atoms with Crippen molar-refractivity contribution in [2.75, 3.05) is 18.5 Å². The van der Waals surface area contributed by atoms with Crippen molar-refractivity contribution >= 4 is 39.4 Å². The zero-order valence-electron chi connectivity index (χ0n) is 15.7. The van der Waals surface area contributed by atoms with Crippen molar-refractivity contribution in [1.29, 1.82) is 0 Å². The van der Waals surface area contributed by atoms with Crippen LogP contribution in [0.25, 0.3) is 0 Å². The van der Waals surface area contributed by atoms with E-state index < -0.39 is 30.2 Å². The highest BCUT2D eigenvalue weighted by atomic mass is 79.9. The third kappa shape index (κ3) is 5.88. The molecule has 0 aliphatic heterocycles. The second kappa shape index (κ2) is 9.45. The molecular weight excluding hydrogens is 431 g/mol. The van der Waals surface area contributed by atoms with Crippen molar-refractivity contribution in [3.63, 3.8) is 0 Å². The van der Waals surface area contributed by atoms with Gasteiger partial charge in [0.15, 0.2) is 6.61 Å². The van der Waals surface area contributed by atoms with Crippen LogP contribution in [0.5, 0.6) is 0 Å². The second-order valence-electron chi connectivity index (χ2n) is 6.30. The first kappa shape index (κ1) is 21.6. The number of carbonyl (C=O) groups excluding carboxylic acids is 3. The molecule has 0 saturated heterocycles. The molecule has 2 N–H and O–H groups in total. The van der Waals surface area contributed by atoms with E-state index in [0.717, 1.165) is 22.8 Å². The highest BCUT2D eigenvalue weighted by molar-refractivity contribution is 9.10. The first-order chi connectivity index (χ1) is 13.2. The standard InChI is InChI=1S/C20H20BrFN2O4/c1-11-6-12(2)19(13(3)7-11)24-17(25)9-23-18(26)10-28-20(27)15-8-14(22)4-5-16(15)21/h4-8H,9-10H2,1-3H3,(H,23,26)(H,24,25). The van der Waals surface area contributed by atoms with E-state index in [0.29, 0.717) is 10.2 Å². The molecule has 0 spiro atoms. The van der Waals surface area contributed by atoms with Gasteiger partial charge in [0, 0.05) is 10.2 Å². The van der Waals surface area contributed by atoms with E-state index in [1.165, 1.54) is 12.1 Å². The molecule has 28 heavy (non-hydrogen) atoms. The van der Waals surface area contributed by atoms with Gasteiger partial charge in [-0.2, -0.15) is 0 Å². The van der Waals surface area contributed by atoms with Crippen LogP contribution in [-0.4, -0.2) is 30.9 Å². The summed E-state index contributed by atoms with van der Waals surface area (Å²) in [7, 11) is 0. The van der Waals surface area contributed by atoms with Gasteiger partial charge in [-0.1, -0.05) is 17.7 Å². The van der Waals surface area contributed by atoms with Crippen LogP contribution >= 0.6 is 15.9 Å². The number of esters is 1. The third-order valence-electron chi connectivity index (χ3n) is 3.87. The number of hydrogen-bond acceptors (Lipinski definition) is 4. The summed E-state index contributed by atoms with van der Waals surface area (Å²) < 4.78 is 18.4. The summed E-state index contributed by atoms with van der Waals surface area (Å²) in [5.74, 6) is -2.49. The van der Waals surface area contributed by atoms with Gasteiger partial charge in [0.05, 0.1) is 12.1 Å². The molecular formula is C20H20BrFN2O4. The van der Waals surface area contributed by atoms with Gasteiger partial charge in [-0.15, -0.1) is 0 Å². The van der Waals surface area contributed by atoms with E-state index in [4.69, 9.17) is 4.74 Å². The number of hydrogen-bond donors (Lipinski definition) is 2. The number of rotatable bonds is 6. The normalized spacial score (nSPS) is 10.3. The van der Waals surface area contributed by atoms with Crippen molar-refractivity contribution in [3.8, 4) is 0 Å². The Morgan fingerprint density at radius 1 is 1.04 bits per heavy atom. The number of halogens is 2. The largest absolute Gasteiger partial charge is 0.452 e. The summed E-state index contributed by atoms with van der Waals surface area (Å²) >= 11 is 3.11. The number of ether oxygens (including phenoxy) is 1. The summed E-state index contributed by atoms with van der Waals surface area (Å²) in [5.41, 5.74) is 3.61. The van der Waals surface area contributed by atoms with E-state index in [1.54, 1.807) is 0 Å². The highest BCUT2D eigenvalue weighted by Gasteiger charge is 2.15. The van der Waals surface area contributed by atoms with Crippen LogP contribution in [0.15, 0.2) is 34.8 Å². The minimum atomic E-state index is -0.850. The number of amides is 2. The lowest BCUT2D eigenvalue weighted by Crippen LogP contribution is -2.35. The van der Waals surface area contributed by atoms with Crippen LogP contribution < -0.4 is 10.6 Å². The molecule has 0 aromatic heterocycles. The van der Waals surface area contributed by atoms with E-state index in [1.807, 2.05) is 32.9 Å². The first-order valence-electron chi connectivity index (χ1n) is 8.44. The highest BCUT2D eigenvalue weighted by Crippen LogP contribution is 2.21. The predicted molar refractivity (Wildman–Crippen MR) is 107 cm³/mol. The van der Waals surface area contributed by atoms with Crippen LogP contribution in [0.2, 0.25) is 0 Å². The maximum absolute atomic E-state index is 13.2. The van der Waals surface area contributed by atoms with Crippen LogP contribution in [0.1, 0.15) is 27.0 Å². The Kier molecular flexibility index (Phi) is 7.28. The molecule has 2 amide bonds. The molecule has 2 aromatic carbocycles. The molecule has 148 valence electrons. The number of carbonyl (C=O) groups is 3. The van der Waals surface area contributed by atoms with Gasteiger partial charge in [-0.3, -0.25) is 9.59 Å². The third-order valence-corrected chi connectivity index (χ3v) is 4.56. The first-order valence-corrected chi connectivity index (χ1v) is 9.23. The summed E-state index contributed by atoms with van der Waals surface area (Å²) in [6.07, 6.45) is 0. The van der Waals surface area contributed by atoms with Crippen LogP contribution in [0.3, 0.4) is 0 Å². The summed E-state index contributed by atoms with van der Waals surface area (Å²) in [6, 6.07) is 7.45. The van der Waals surface area contributed by atoms with E-state index in [-0.39, 0.29) is 12.1 Å². The number of benzene rings is 2. The number of aryl methyl sites for hydroxylation is 3. The Balaban J connectivity index is 1.83. The van der Waals surface area contributed by atoms with Crippen molar-refractivity contribution in [1.82, 2.24) is 5.32 Å². The Morgan fingerprint density at radius 2 is 1.68 bits per heavy atom. The van der Waals surface area contributed by atoms with Crippen LogP contribution in [0.4, 0.5) is 10.1 Å². The molecule has 0 unspecified atom stereocenters. The van der Waals surface area contributed by atoms with Gasteiger partial charge >= 0.3 is 5.97 Å². The number of nitrogens with one attached hydrogen (secondary N) is 2. The maximum atomic E-state index is 13.2. The zero-order valence-corrected chi connectivity index (χ0v) is 17.3. The minimum absolute atomic E-state index is 0.0316. The van der Waals surface area contributed by atoms with Gasteiger partial charge in [0.25, 0.3) is 5.91 Å². The molecule has 0 bridgehead atoms. The molecule has 2 rings (SSSR count). The van der Waals surface area contributed by atoms with Crippen molar-refractivity contribution in [3.05, 3.63) is 62.9 Å². The number of anilines is 1. The fourth-order valence-corrected chi connectivity index (χ4v) is 3.06. The smallest absolute Gasteiger partial charge is 0.339 e. The average molecular weight is 451 g/mol. The summed E-state index contributed by atoms with van der Waals surface area (Å²) in [6.45, 7) is 4.89. The molecule has 0 aliphatic rings. The molecule has 2 aromatic rings. The minimum Gasteiger partial charge on any atom is -0.452 e. The molecule has 0 heterocycles. The molecule has 0 aliphatic carbocycles. The molecule has 0 atom stereocenters. The Bertz CT molecular complexity index is 907. The topological polar surface area (TPSA) is 84.5 Å². The van der Waals surface area contributed by atoms with Gasteiger partial charge in [-0.25, -0.2) is 9.18 Å². The quantitative estimate of drug-likeness (QED) is 0.660. The van der Waals surface area contributed by atoms with Gasteiger partial charge in [0.2, 0.25) is 5.91 Å². The van der Waals surface area contributed by atoms with Gasteiger partial charge in [-0.05, 0) is 66.0 Å². The van der Waals surface area contributed by atoms with Crippen molar-refractivity contribution in [2.24, 2.45) is 0 Å².